The van der Waals surface area contributed by atoms with E-state index in [2.05, 4.69) is 10.4 Å². The number of nitrogens with zero attached hydrogens (tertiary/aromatic N) is 2. The van der Waals surface area contributed by atoms with Gasteiger partial charge in [0.2, 0.25) is 0 Å². The van der Waals surface area contributed by atoms with E-state index in [4.69, 9.17) is 9.47 Å². The summed E-state index contributed by atoms with van der Waals surface area (Å²) in [5.41, 5.74) is 0.937. The van der Waals surface area contributed by atoms with Crippen LogP contribution in [0.25, 0.3) is 0 Å². The van der Waals surface area contributed by atoms with Crippen molar-refractivity contribution in [1.29, 1.82) is 0 Å². The number of rotatable bonds is 5. The fourth-order valence-corrected chi connectivity index (χ4v) is 3.32. The van der Waals surface area contributed by atoms with Crippen LogP contribution in [0, 0.1) is 0 Å². The van der Waals surface area contributed by atoms with Gasteiger partial charge in [-0.3, -0.25) is 5.32 Å². The Bertz CT molecular complexity index is 913. The molecule has 0 aliphatic carbocycles. The summed E-state index contributed by atoms with van der Waals surface area (Å²) < 4.78 is 10.8. The molecule has 0 aromatic heterocycles. The van der Waals surface area contributed by atoms with Crippen LogP contribution < -0.4 is 5.32 Å². The second kappa shape index (κ2) is 8.98. The molecule has 0 spiro atoms. The van der Waals surface area contributed by atoms with E-state index in [0.29, 0.717) is 11.3 Å². The van der Waals surface area contributed by atoms with Crippen LogP contribution >= 0.6 is 0 Å². The van der Waals surface area contributed by atoms with Gasteiger partial charge in [-0.05, 0) is 33.3 Å². The molecule has 1 heterocycles. The van der Waals surface area contributed by atoms with Crippen molar-refractivity contribution in [2.75, 3.05) is 0 Å². The average Bonchev–Trinajstić information content (AvgIpc) is 3.09. The smallest absolute Gasteiger partial charge is 0.433 e. The molecule has 30 heavy (non-hydrogen) atoms. The predicted molar refractivity (Wildman–Crippen MR) is 114 cm³/mol. The van der Waals surface area contributed by atoms with Crippen molar-refractivity contribution in [2.24, 2.45) is 5.10 Å². The van der Waals surface area contributed by atoms with Crippen molar-refractivity contribution < 1.29 is 19.1 Å². The number of alkyl carbamates (subject to hydrolysis) is 1. The summed E-state index contributed by atoms with van der Waals surface area (Å²) >= 11 is 0. The number of hydrazone groups is 1. The molecule has 0 radical (unpaired) electrons. The zero-order valence-electron chi connectivity index (χ0n) is 17.7. The molecule has 7 nitrogen and oxygen atoms in total. The highest BCUT2D eigenvalue weighted by Crippen LogP contribution is 2.38. The summed E-state index contributed by atoms with van der Waals surface area (Å²) in [6.45, 7) is 7.06. The summed E-state index contributed by atoms with van der Waals surface area (Å²) in [6, 6.07) is 18.8. The van der Waals surface area contributed by atoms with Gasteiger partial charge in [0.1, 0.15) is 0 Å². The van der Waals surface area contributed by atoms with E-state index >= 15 is 0 Å². The third kappa shape index (κ3) is 4.62. The Balaban J connectivity index is 2.09. The molecule has 2 amide bonds. The summed E-state index contributed by atoms with van der Waals surface area (Å²) in [5, 5.41) is 8.69. The molecule has 2 aromatic rings. The van der Waals surface area contributed by atoms with Crippen LogP contribution in [-0.2, 0) is 15.1 Å². The molecule has 0 fully saturated rings. The van der Waals surface area contributed by atoms with Crippen molar-refractivity contribution in [3.8, 4) is 0 Å². The molecule has 1 N–H and O–H groups in total. The number of hydrogen-bond acceptors (Lipinski definition) is 5. The standard InChI is InChI=1S/C23H27N3O4/c1-16(2)29-21(27)24-23(19-13-9-6-10-14-19)15-20(18-11-7-5-8-12-18)25-26(23)22(28)30-17(3)4/h5-14,16-17H,15H2,1-4H3,(H,24,27). The molecule has 1 aliphatic heterocycles. The Morgan fingerprint density at radius 2 is 1.50 bits per heavy atom. The van der Waals surface area contributed by atoms with Gasteiger partial charge in [0, 0.05) is 12.0 Å². The topological polar surface area (TPSA) is 80.2 Å². The minimum absolute atomic E-state index is 0.265. The number of carbonyl (C=O) groups is 2. The van der Waals surface area contributed by atoms with Crippen molar-refractivity contribution in [3.63, 3.8) is 0 Å². The third-order valence-electron chi connectivity index (χ3n) is 4.52. The fraction of sp³-hybridized carbons (Fsp3) is 0.348. The number of benzene rings is 2. The second-order valence-corrected chi connectivity index (χ2v) is 7.64. The Labute approximate surface area is 176 Å². The first-order valence-electron chi connectivity index (χ1n) is 10.00. The third-order valence-corrected chi connectivity index (χ3v) is 4.52. The molecule has 0 saturated heterocycles. The van der Waals surface area contributed by atoms with E-state index in [1.165, 1.54) is 5.01 Å². The Morgan fingerprint density at radius 1 is 0.933 bits per heavy atom. The van der Waals surface area contributed by atoms with Crippen LogP contribution in [0.4, 0.5) is 9.59 Å². The van der Waals surface area contributed by atoms with Crippen LogP contribution in [0.5, 0.6) is 0 Å². The molecule has 3 rings (SSSR count). The minimum atomic E-state index is -1.27. The first-order valence-corrected chi connectivity index (χ1v) is 10.00. The lowest BCUT2D eigenvalue weighted by molar-refractivity contribution is 0.0234. The summed E-state index contributed by atoms with van der Waals surface area (Å²) in [5.74, 6) is 0. The van der Waals surface area contributed by atoms with Crippen molar-refractivity contribution in [2.45, 2.75) is 52.0 Å². The van der Waals surface area contributed by atoms with E-state index in [-0.39, 0.29) is 18.6 Å². The van der Waals surface area contributed by atoms with Crippen molar-refractivity contribution >= 4 is 17.9 Å². The lowest BCUT2D eigenvalue weighted by Crippen LogP contribution is -2.56. The lowest BCUT2D eigenvalue weighted by atomic mass is 9.92. The Kier molecular flexibility index (Phi) is 6.40. The molecule has 158 valence electrons. The van der Waals surface area contributed by atoms with Gasteiger partial charge in [0.15, 0.2) is 5.66 Å². The van der Waals surface area contributed by atoms with Crippen LogP contribution in [0.2, 0.25) is 0 Å². The Hall–Kier alpha value is -3.35. The summed E-state index contributed by atoms with van der Waals surface area (Å²) in [4.78, 5) is 25.7. The maximum absolute atomic E-state index is 13.0. The quantitative estimate of drug-likeness (QED) is 0.781. The fourth-order valence-electron chi connectivity index (χ4n) is 3.32. The van der Waals surface area contributed by atoms with Crippen LogP contribution in [0.3, 0.4) is 0 Å². The first-order chi connectivity index (χ1) is 14.3. The number of amides is 2. The van der Waals surface area contributed by atoms with Gasteiger partial charge < -0.3 is 9.47 Å². The lowest BCUT2D eigenvalue weighted by Gasteiger charge is -2.36. The van der Waals surface area contributed by atoms with Crippen molar-refractivity contribution in [3.05, 3.63) is 71.8 Å². The normalized spacial score (nSPS) is 18.3. The number of carbonyl (C=O) groups excluding carboxylic acids is 2. The highest BCUT2D eigenvalue weighted by Gasteiger charge is 2.50. The number of nitrogens with one attached hydrogen (secondary N) is 1. The molecular formula is C23H27N3O4. The van der Waals surface area contributed by atoms with Gasteiger partial charge in [0.05, 0.1) is 17.9 Å². The van der Waals surface area contributed by atoms with Gasteiger partial charge >= 0.3 is 12.2 Å². The molecule has 7 heteroatoms. The van der Waals surface area contributed by atoms with Gasteiger partial charge in [-0.25, -0.2) is 9.59 Å². The predicted octanol–water partition coefficient (Wildman–Crippen LogP) is 4.63. The molecule has 1 unspecified atom stereocenters. The highest BCUT2D eigenvalue weighted by atomic mass is 16.6. The summed E-state index contributed by atoms with van der Waals surface area (Å²) in [7, 11) is 0. The molecule has 1 atom stereocenters. The number of ether oxygens (including phenoxy) is 2. The molecular weight excluding hydrogens is 382 g/mol. The monoisotopic (exact) mass is 409 g/mol. The molecule has 0 saturated carbocycles. The SMILES string of the molecule is CC(C)OC(=O)NC1(c2ccccc2)CC(c2ccccc2)=NN1C(=O)OC(C)C. The van der Waals surface area contributed by atoms with E-state index in [1.807, 2.05) is 60.7 Å². The largest absolute Gasteiger partial charge is 0.447 e. The Morgan fingerprint density at radius 3 is 2.07 bits per heavy atom. The van der Waals surface area contributed by atoms with Gasteiger partial charge in [-0.1, -0.05) is 60.7 Å². The van der Waals surface area contributed by atoms with Crippen LogP contribution in [0.1, 0.15) is 45.2 Å². The maximum atomic E-state index is 13.0. The van der Waals surface area contributed by atoms with E-state index < -0.39 is 17.8 Å². The molecule has 2 aromatic carbocycles. The summed E-state index contributed by atoms with van der Waals surface area (Å²) in [6.07, 6.45) is -1.68. The van der Waals surface area contributed by atoms with Crippen molar-refractivity contribution in [1.82, 2.24) is 10.3 Å². The van der Waals surface area contributed by atoms with Gasteiger partial charge in [-0.2, -0.15) is 10.1 Å². The van der Waals surface area contributed by atoms with Crippen LogP contribution in [-0.4, -0.2) is 35.1 Å². The zero-order valence-corrected chi connectivity index (χ0v) is 17.7. The second-order valence-electron chi connectivity index (χ2n) is 7.64. The average molecular weight is 409 g/mol. The number of hydrogen-bond donors (Lipinski definition) is 1. The van der Waals surface area contributed by atoms with E-state index in [0.717, 1.165) is 5.56 Å². The van der Waals surface area contributed by atoms with E-state index in [9.17, 15) is 9.59 Å². The highest BCUT2D eigenvalue weighted by molar-refractivity contribution is 6.03. The molecule has 1 aliphatic rings. The maximum Gasteiger partial charge on any atom is 0.433 e. The van der Waals surface area contributed by atoms with Gasteiger partial charge in [0.25, 0.3) is 0 Å². The minimum Gasteiger partial charge on any atom is -0.447 e. The van der Waals surface area contributed by atoms with Gasteiger partial charge in [-0.15, -0.1) is 0 Å². The van der Waals surface area contributed by atoms with E-state index in [1.54, 1.807) is 27.7 Å². The molecule has 0 bridgehead atoms. The first kappa shape index (κ1) is 21.4. The zero-order chi connectivity index (χ0) is 21.7. The van der Waals surface area contributed by atoms with Crippen LogP contribution in [0.15, 0.2) is 65.8 Å².